The second-order valence-corrected chi connectivity index (χ2v) is 6.14. The Bertz CT molecular complexity index is 157. The first-order chi connectivity index (χ1) is 6.83. The van der Waals surface area contributed by atoms with E-state index in [2.05, 4.69) is 35.8 Å². The molecule has 14 heavy (non-hydrogen) atoms. The maximum atomic E-state index is 5.26. The topological polar surface area (TPSA) is 21.3 Å². The van der Waals surface area contributed by atoms with Gasteiger partial charge in [-0.1, -0.05) is 6.92 Å². The molecular weight excluding hydrogens is 214 g/mol. The highest BCUT2D eigenvalue weighted by atomic mass is 32.2. The van der Waals surface area contributed by atoms with Crippen LogP contribution in [-0.2, 0) is 4.74 Å². The summed E-state index contributed by atoms with van der Waals surface area (Å²) in [6, 6.07) is 0.503. The molecule has 1 rings (SSSR count). The predicted octanol–water partition coefficient (Wildman–Crippen LogP) is 1.85. The minimum absolute atomic E-state index is 0.503. The van der Waals surface area contributed by atoms with Crippen molar-refractivity contribution < 1.29 is 4.74 Å². The summed E-state index contributed by atoms with van der Waals surface area (Å²) in [5.74, 6) is 2.59. The van der Waals surface area contributed by atoms with Crippen LogP contribution in [-0.4, -0.2) is 48.8 Å². The molecule has 0 aliphatic carbocycles. The van der Waals surface area contributed by atoms with Crippen LogP contribution in [0.2, 0.25) is 0 Å². The molecule has 84 valence electrons. The van der Waals surface area contributed by atoms with Gasteiger partial charge in [0.15, 0.2) is 0 Å². The maximum absolute atomic E-state index is 5.26. The zero-order valence-corrected chi connectivity index (χ0v) is 10.9. The van der Waals surface area contributed by atoms with Crippen molar-refractivity contribution in [1.82, 2.24) is 5.32 Å². The van der Waals surface area contributed by atoms with Gasteiger partial charge >= 0.3 is 0 Å². The van der Waals surface area contributed by atoms with E-state index in [9.17, 15) is 0 Å². The Hall–Kier alpha value is 0.620. The van der Waals surface area contributed by atoms with Gasteiger partial charge in [0.1, 0.15) is 0 Å². The second-order valence-electron chi connectivity index (χ2n) is 3.50. The molecule has 3 unspecified atom stereocenters. The molecule has 0 saturated carbocycles. The zero-order valence-electron chi connectivity index (χ0n) is 9.29. The molecule has 1 aliphatic rings. The lowest BCUT2D eigenvalue weighted by Gasteiger charge is -2.35. The predicted molar refractivity (Wildman–Crippen MR) is 67.5 cm³/mol. The van der Waals surface area contributed by atoms with Crippen molar-refractivity contribution in [3.05, 3.63) is 0 Å². The smallest absolute Gasteiger partial charge is 0.0627 e. The van der Waals surface area contributed by atoms with Gasteiger partial charge in [-0.2, -0.15) is 23.5 Å². The maximum Gasteiger partial charge on any atom is 0.0627 e. The van der Waals surface area contributed by atoms with Gasteiger partial charge in [-0.15, -0.1) is 0 Å². The Kier molecular flexibility index (Phi) is 6.33. The molecule has 4 heteroatoms. The van der Waals surface area contributed by atoms with Crippen molar-refractivity contribution >= 4 is 23.5 Å². The molecule has 1 fully saturated rings. The molecule has 1 heterocycles. The minimum Gasteiger partial charge on any atom is -0.383 e. The second kappa shape index (κ2) is 6.99. The molecule has 1 N–H and O–H groups in total. The molecule has 0 bridgehead atoms. The van der Waals surface area contributed by atoms with Crippen LogP contribution in [0.5, 0.6) is 0 Å². The Morgan fingerprint density at radius 1 is 1.43 bits per heavy atom. The average Bonchev–Trinajstić information content (AvgIpc) is 2.26. The van der Waals surface area contributed by atoms with Crippen molar-refractivity contribution in [1.29, 1.82) is 0 Å². The summed E-state index contributed by atoms with van der Waals surface area (Å²) in [6.45, 7) is 3.11. The number of rotatable bonds is 5. The number of methoxy groups -OCH3 is 1. The third-order valence-corrected chi connectivity index (χ3v) is 6.01. The Morgan fingerprint density at radius 3 is 2.71 bits per heavy atom. The summed E-state index contributed by atoms with van der Waals surface area (Å²) in [7, 11) is 3.82. The van der Waals surface area contributed by atoms with E-state index in [0.717, 1.165) is 11.9 Å². The third kappa shape index (κ3) is 3.33. The highest BCUT2D eigenvalue weighted by Gasteiger charge is 2.30. The monoisotopic (exact) mass is 235 g/mol. The van der Waals surface area contributed by atoms with Crippen LogP contribution in [0.4, 0.5) is 0 Å². The molecular formula is C10H21NOS2. The van der Waals surface area contributed by atoms with Crippen molar-refractivity contribution in [2.24, 2.45) is 0 Å². The molecule has 1 aliphatic heterocycles. The largest absolute Gasteiger partial charge is 0.383 e. The summed E-state index contributed by atoms with van der Waals surface area (Å²) in [4.78, 5) is 0. The molecule has 0 amide bonds. The van der Waals surface area contributed by atoms with Gasteiger partial charge in [0.05, 0.1) is 6.61 Å². The first kappa shape index (κ1) is 12.7. The van der Waals surface area contributed by atoms with E-state index in [1.807, 2.05) is 7.05 Å². The Labute approximate surface area is 95.9 Å². The fraction of sp³-hybridized carbons (Fsp3) is 1.00. The Balaban J connectivity index is 2.51. The van der Waals surface area contributed by atoms with Crippen LogP contribution in [0.25, 0.3) is 0 Å². The van der Waals surface area contributed by atoms with Gasteiger partial charge in [-0.25, -0.2) is 0 Å². The van der Waals surface area contributed by atoms with E-state index >= 15 is 0 Å². The van der Waals surface area contributed by atoms with Crippen LogP contribution in [0.3, 0.4) is 0 Å². The quantitative estimate of drug-likeness (QED) is 0.785. The third-order valence-electron chi connectivity index (χ3n) is 2.61. The molecule has 0 aromatic heterocycles. The fourth-order valence-corrected chi connectivity index (χ4v) is 5.12. The van der Waals surface area contributed by atoms with E-state index in [4.69, 9.17) is 4.74 Å². The number of ether oxygens (including phenoxy) is 1. The van der Waals surface area contributed by atoms with Crippen molar-refractivity contribution in [2.45, 2.75) is 29.9 Å². The summed E-state index contributed by atoms with van der Waals surface area (Å²) in [6.07, 6.45) is 1.27. The number of nitrogens with one attached hydrogen (secondary N) is 1. The molecule has 0 aromatic carbocycles. The van der Waals surface area contributed by atoms with Gasteiger partial charge < -0.3 is 10.1 Å². The van der Waals surface area contributed by atoms with Crippen molar-refractivity contribution in [3.8, 4) is 0 Å². The van der Waals surface area contributed by atoms with E-state index < -0.39 is 0 Å². The molecule has 0 radical (unpaired) electrons. The average molecular weight is 235 g/mol. The van der Waals surface area contributed by atoms with E-state index in [-0.39, 0.29) is 0 Å². The van der Waals surface area contributed by atoms with Gasteiger partial charge in [-0.3, -0.25) is 0 Å². The lowest BCUT2D eigenvalue weighted by molar-refractivity contribution is 0.167. The van der Waals surface area contributed by atoms with Crippen LogP contribution in [0.1, 0.15) is 13.3 Å². The Morgan fingerprint density at radius 2 is 2.14 bits per heavy atom. The van der Waals surface area contributed by atoms with Crippen LogP contribution < -0.4 is 5.32 Å². The van der Waals surface area contributed by atoms with E-state index in [1.54, 1.807) is 7.11 Å². The fourth-order valence-electron chi connectivity index (χ4n) is 1.83. The highest BCUT2D eigenvalue weighted by Crippen LogP contribution is 2.35. The number of hydrogen-bond donors (Lipinski definition) is 1. The lowest BCUT2D eigenvalue weighted by atomic mass is 10.1. The van der Waals surface area contributed by atoms with Crippen molar-refractivity contribution in [3.63, 3.8) is 0 Å². The molecule has 2 nitrogen and oxygen atoms in total. The lowest BCUT2D eigenvalue weighted by Crippen LogP contribution is -2.46. The number of likely N-dealkylation sites (N-methyl/N-ethyl adjacent to an activating group) is 1. The summed E-state index contributed by atoms with van der Waals surface area (Å²) >= 11 is 4.23. The van der Waals surface area contributed by atoms with E-state index in [0.29, 0.717) is 11.3 Å². The normalized spacial score (nSPS) is 30.2. The van der Waals surface area contributed by atoms with Gasteiger partial charge in [0, 0.05) is 35.2 Å². The number of thioether (sulfide) groups is 2. The molecule has 3 atom stereocenters. The SMILES string of the molecule is CCC1SCCSC1C(COC)NC. The molecule has 1 saturated heterocycles. The summed E-state index contributed by atoms with van der Waals surface area (Å²) in [5.41, 5.74) is 0. The molecule has 0 aromatic rings. The number of hydrogen-bond acceptors (Lipinski definition) is 4. The van der Waals surface area contributed by atoms with Crippen molar-refractivity contribution in [2.75, 3.05) is 32.3 Å². The zero-order chi connectivity index (χ0) is 10.4. The van der Waals surface area contributed by atoms with Gasteiger partial charge in [0.2, 0.25) is 0 Å². The molecule has 0 spiro atoms. The van der Waals surface area contributed by atoms with Gasteiger partial charge in [-0.05, 0) is 13.5 Å². The minimum atomic E-state index is 0.503. The first-order valence-electron chi connectivity index (χ1n) is 5.22. The first-order valence-corrected chi connectivity index (χ1v) is 7.32. The van der Waals surface area contributed by atoms with Gasteiger partial charge in [0.25, 0.3) is 0 Å². The summed E-state index contributed by atoms with van der Waals surface area (Å²) in [5, 5.41) is 4.88. The van der Waals surface area contributed by atoms with Crippen LogP contribution in [0.15, 0.2) is 0 Å². The van der Waals surface area contributed by atoms with Crippen LogP contribution in [0, 0.1) is 0 Å². The summed E-state index contributed by atoms with van der Waals surface area (Å²) < 4.78 is 5.26. The van der Waals surface area contributed by atoms with Crippen LogP contribution >= 0.6 is 23.5 Å². The highest BCUT2D eigenvalue weighted by molar-refractivity contribution is 8.07. The standard InChI is InChI=1S/C10H21NOS2/c1-4-9-10(14-6-5-13-9)8(11-2)7-12-3/h8-11H,4-7H2,1-3H3. The van der Waals surface area contributed by atoms with E-state index in [1.165, 1.54) is 17.9 Å².